The summed E-state index contributed by atoms with van der Waals surface area (Å²) in [5, 5.41) is 0. The first-order valence-electron chi connectivity index (χ1n) is 3.58. The molecule has 0 aliphatic carbocycles. The zero-order chi connectivity index (χ0) is 9.33. The Hall–Kier alpha value is 0.390. The van der Waals surface area contributed by atoms with Gasteiger partial charge in [0, 0.05) is 0 Å². The third-order valence-electron chi connectivity index (χ3n) is 0.957. The molecule has 0 aromatic rings. The molecule has 0 aliphatic rings. The molecular weight excluding hydrogens is 232 g/mol. The van der Waals surface area contributed by atoms with Gasteiger partial charge >= 0.3 is 8.55 Å². The van der Waals surface area contributed by atoms with Crippen LogP contribution in [0, 0.1) is 0 Å². The van der Waals surface area contributed by atoms with Crippen LogP contribution >= 0.6 is 14.8 Å². The summed E-state index contributed by atoms with van der Waals surface area (Å²) >= 11 is 1.90. The molecule has 1 N–H and O–H groups in total. The molecule has 0 atom stereocenters. The van der Waals surface area contributed by atoms with Crippen molar-refractivity contribution in [2.24, 2.45) is 0 Å². The Kier molecular flexibility index (Phi) is 10.8. The first kappa shape index (κ1) is 13.9. The fourth-order valence-corrected chi connectivity index (χ4v) is 0.500. The molecule has 3 nitrogen and oxygen atoms in total. The van der Waals surface area contributed by atoms with Gasteiger partial charge in [0.1, 0.15) is 0 Å². The number of halogens is 1. The SMILES string of the molecule is CCCCCC.O=S(=O)(O)Br. The van der Waals surface area contributed by atoms with Crippen molar-refractivity contribution in [1.82, 2.24) is 0 Å². The molecule has 0 bridgehead atoms. The van der Waals surface area contributed by atoms with Crippen LogP contribution in [0.15, 0.2) is 0 Å². The fraction of sp³-hybridized carbons (Fsp3) is 1.00. The van der Waals surface area contributed by atoms with Gasteiger partial charge in [0.05, 0.1) is 14.8 Å². The molecule has 0 saturated carbocycles. The molecule has 70 valence electrons. The third-order valence-corrected chi connectivity index (χ3v) is 0.957. The predicted octanol–water partition coefficient (Wildman–Crippen LogP) is 2.77. The minimum Gasteiger partial charge on any atom is -0.277 e. The third kappa shape index (κ3) is 63.6. The second-order valence-electron chi connectivity index (χ2n) is 2.12. The molecule has 0 fully saturated rings. The average Bonchev–Trinajstić information content (AvgIpc) is 1.79. The minimum absolute atomic E-state index is 1.36. The highest BCUT2D eigenvalue weighted by molar-refractivity contribution is 9.46. The molecule has 0 amide bonds. The molecule has 0 radical (unpaired) electrons. The Morgan fingerprint density at radius 3 is 1.45 bits per heavy atom. The molecule has 0 rings (SSSR count). The largest absolute Gasteiger partial charge is 0.326 e. The van der Waals surface area contributed by atoms with Gasteiger partial charge in [-0.1, -0.05) is 39.5 Å². The fourth-order valence-electron chi connectivity index (χ4n) is 0.500. The molecule has 5 heteroatoms. The quantitative estimate of drug-likeness (QED) is 0.474. The van der Waals surface area contributed by atoms with Gasteiger partial charge < -0.3 is 0 Å². The Labute approximate surface area is 76.1 Å². The molecule has 0 saturated heterocycles. The van der Waals surface area contributed by atoms with E-state index < -0.39 is 8.55 Å². The van der Waals surface area contributed by atoms with E-state index in [1.165, 1.54) is 25.7 Å². The summed E-state index contributed by atoms with van der Waals surface area (Å²) in [4.78, 5) is 0. The van der Waals surface area contributed by atoms with Crippen LogP contribution in [0.1, 0.15) is 39.5 Å². The lowest BCUT2D eigenvalue weighted by Gasteiger charge is -1.86. The summed E-state index contributed by atoms with van der Waals surface area (Å²) in [7, 11) is -3.85. The lowest BCUT2D eigenvalue weighted by Crippen LogP contribution is -1.76. The first-order valence-corrected chi connectivity index (χ1v) is 6.87. The van der Waals surface area contributed by atoms with E-state index in [9.17, 15) is 0 Å². The highest BCUT2D eigenvalue weighted by Gasteiger charge is 1.85. The molecule has 11 heavy (non-hydrogen) atoms. The monoisotopic (exact) mass is 246 g/mol. The second kappa shape index (κ2) is 8.49. The van der Waals surface area contributed by atoms with Gasteiger partial charge in [0.2, 0.25) is 0 Å². The minimum atomic E-state index is -3.85. The lowest BCUT2D eigenvalue weighted by molar-refractivity contribution is 0.504. The standard InChI is InChI=1S/C6H14.BrHO3S/c1-3-5-6-4-2;1-5(2,3)4/h3-6H2,1-2H3;(H,2,3,4). The van der Waals surface area contributed by atoms with E-state index in [-0.39, 0.29) is 0 Å². The van der Waals surface area contributed by atoms with Crippen LogP contribution in [-0.2, 0) is 8.55 Å². The van der Waals surface area contributed by atoms with Crippen LogP contribution in [0.2, 0.25) is 0 Å². The van der Waals surface area contributed by atoms with E-state index >= 15 is 0 Å². The Morgan fingerprint density at radius 2 is 1.36 bits per heavy atom. The van der Waals surface area contributed by atoms with Gasteiger partial charge in [-0.25, -0.2) is 0 Å². The maximum absolute atomic E-state index is 9.10. The van der Waals surface area contributed by atoms with Crippen molar-refractivity contribution in [3.63, 3.8) is 0 Å². The van der Waals surface area contributed by atoms with Crippen LogP contribution in [0.25, 0.3) is 0 Å². The van der Waals surface area contributed by atoms with E-state index in [2.05, 4.69) is 13.8 Å². The van der Waals surface area contributed by atoms with Gasteiger partial charge in [0.15, 0.2) is 0 Å². The Balaban J connectivity index is 0. The topological polar surface area (TPSA) is 54.4 Å². The molecule has 0 aromatic carbocycles. The normalized spacial score (nSPS) is 10.2. The van der Waals surface area contributed by atoms with E-state index in [1.54, 1.807) is 0 Å². The van der Waals surface area contributed by atoms with Crippen molar-refractivity contribution in [3.8, 4) is 0 Å². The summed E-state index contributed by atoms with van der Waals surface area (Å²) in [6.07, 6.45) is 5.54. The smallest absolute Gasteiger partial charge is 0.277 e. The summed E-state index contributed by atoms with van der Waals surface area (Å²) in [5.41, 5.74) is 0. The summed E-state index contributed by atoms with van der Waals surface area (Å²) < 4.78 is 25.6. The number of unbranched alkanes of at least 4 members (excludes halogenated alkanes) is 3. The lowest BCUT2D eigenvalue weighted by atomic mass is 10.2. The first-order chi connectivity index (χ1) is 4.91. The van der Waals surface area contributed by atoms with Crippen molar-refractivity contribution in [3.05, 3.63) is 0 Å². The molecular formula is C6H15BrO3S. The van der Waals surface area contributed by atoms with Crippen molar-refractivity contribution < 1.29 is 13.0 Å². The Morgan fingerprint density at radius 1 is 1.18 bits per heavy atom. The average molecular weight is 247 g/mol. The van der Waals surface area contributed by atoms with Gasteiger partial charge in [-0.15, -0.1) is 0 Å². The number of hydrogen-bond acceptors (Lipinski definition) is 2. The number of rotatable bonds is 3. The van der Waals surface area contributed by atoms with E-state index in [0.29, 0.717) is 0 Å². The van der Waals surface area contributed by atoms with Crippen LogP contribution < -0.4 is 0 Å². The maximum atomic E-state index is 9.10. The molecule has 0 heterocycles. The van der Waals surface area contributed by atoms with E-state index in [4.69, 9.17) is 13.0 Å². The maximum Gasteiger partial charge on any atom is 0.326 e. The predicted molar refractivity (Wildman–Crippen MR) is 50.3 cm³/mol. The highest BCUT2D eigenvalue weighted by atomic mass is 79.9. The molecule has 0 unspecified atom stereocenters. The summed E-state index contributed by atoms with van der Waals surface area (Å²) in [6.45, 7) is 4.46. The number of hydrogen-bond donors (Lipinski definition) is 1. The summed E-state index contributed by atoms with van der Waals surface area (Å²) in [5.74, 6) is 0. The van der Waals surface area contributed by atoms with E-state index in [1.807, 2.05) is 14.8 Å². The van der Waals surface area contributed by atoms with E-state index in [0.717, 1.165) is 0 Å². The van der Waals surface area contributed by atoms with Gasteiger partial charge in [-0.3, -0.25) is 4.55 Å². The molecule has 0 aromatic heterocycles. The van der Waals surface area contributed by atoms with Crippen molar-refractivity contribution in [1.29, 1.82) is 0 Å². The van der Waals surface area contributed by atoms with Gasteiger partial charge in [0.25, 0.3) is 0 Å². The summed E-state index contributed by atoms with van der Waals surface area (Å²) in [6, 6.07) is 0. The van der Waals surface area contributed by atoms with Crippen molar-refractivity contribution >= 4 is 23.4 Å². The van der Waals surface area contributed by atoms with Crippen molar-refractivity contribution in [2.75, 3.05) is 0 Å². The van der Waals surface area contributed by atoms with Crippen LogP contribution in [0.4, 0.5) is 0 Å². The highest BCUT2D eigenvalue weighted by Crippen LogP contribution is 1.95. The van der Waals surface area contributed by atoms with Gasteiger partial charge in [-0.05, 0) is 0 Å². The zero-order valence-electron chi connectivity index (χ0n) is 6.88. The van der Waals surface area contributed by atoms with Crippen molar-refractivity contribution in [2.45, 2.75) is 39.5 Å². The Bertz CT molecular complexity index is 141. The molecule has 0 aliphatic heterocycles. The van der Waals surface area contributed by atoms with Crippen LogP contribution in [-0.4, -0.2) is 13.0 Å². The molecule has 0 spiro atoms. The van der Waals surface area contributed by atoms with Crippen LogP contribution in [0.3, 0.4) is 0 Å². The zero-order valence-corrected chi connectivity index (χ0v) is 9.28. The van der Waals surface area contributed by atoms with Gasteiger partial charge in [-0.2, -0.15) is 8.42 Å². The second-order valence-corrected chi connectivity index (χ2v) is 5.40. The van der Waals surface area contributed by atoms with Crippen LogP contribution in [0.5, 0.6) is 0 Å².